The van der Waals surface area contributed by atoms with Crippen molar-refractivity contribution in [1.29, 1.82) is 0 Å². The lowest BCUT2D eigenvalue weighted by atomic mass is 9.85. The second-order valence-electron chi connectivity index (χ2n) is 9.06. The standard InChI is InChI=1S/C26H36Cl3N3O/c1-3-23(31-12-14-32(15-13-31)24-8-4-20(18-33)5-9-24)10-6-22(28)17-30-19(2)25-11-7-21(27)16-26(25)29/h3,6-7,10-11,16,19-20,24,30,33H,1,4-5,8-9,12-15,17-18H2,2H3/b22-6+,23-10+/t19-,20?,24?/m1/s1. The van der Waals surface area contributed by atoms with Crippen molar-refractivity contribution >= 4 is 34.8 Å². The zero-order valence-corrected chi connectivity index (χ0v) is 21.7. The predicted octanol–water partition coefficient (Wildman–Crippen LogP) is 6.01. The van der Waals surface area contributed by atoms with Gasteiger partial charge in [0.1, 0.15) is 0 Å². The van der Waals surface area contributed by atoms with Crippen molar-refractivity contribution in [3.8, 4) is 0 Å². The maximum Gasteiger partial charge on any atom is 0.0468 e. The van der Waals surface area contributed by atoms with Crippen molar-refractivity contribution in [2.75, 3.05) is 39.3 Å². The zero-order valence-electron chi connectivity index (χ0n) is 19.4. The highest BCUT2D eigenvalue weighted by Gasteiger charge is 2.28. The molecule has 2 aliphatic rings. The molecule has 2 fully saturated rings. The number of aliphatic hydroxyl groups excluding tert-OH is 1. The monoisotopic (exact) mass is 511 g/mol. The van der Waals surface area contributed by atoms with Crippen LogP contribution in [0.15, 0.2) is 53.7 Å². The molecule has 3 rings (SSSR count). The molecule has 1 saturated heterocycles. The summed E-state index contributed by atoms with van der Waals surface area (Å²) in [5, 5.41) is 14.8. The fraction of sp³-hybridized carbons (Fsp3) is 0.538. The molecule has 1 atom stereocenters. The molecule has 1 aliphatic carbocycles. The summed E-state index contributed by atoms with van der Waals surface area (Å²) in [6, 6.07) is 6.26. The van der Waals surface area contributed by atoms with E-state index in [0.29, 0.717) is 35.2 Å². The van der Waals surface area contributed by atoms with Crippen molar-refractivity contribution in [3.63, 3.8) is 0 Å². The van der Waals surface area contributed by atoms with E-state index in [2.05, 4.69) is 34.7 Å². The number of hydrogen-bond acceptors (Lipinski definition) is 4. The van der Waals surface area contributed by atoms with Crippen molar-refractivity contribution in [2.45, 2.75) is 44.7 Å². The number of allylic oxidation sites excluding steroid dienone is 3. The number of hydrogen-bond donors (Lipinski definition) is 2. The fourth-order valence-corrected chi connectivity index (χ4v) is 5.50. The molecule has 1 aromatic rings. The third-order valence-electron chi connectivity index (χ3n) is 6.92. The van der Waals surface area contributed by atoms with Gasteiger partial charge in [-0.15, -0.1) is 0 Å². The Morgan fingerprint density at radius 1 is 1.15 bits per heavy atom. The van der Waals surface area contributed by atoms with Gasteiger partial charge in [0.2, 0.25) is 0 Å². The Balaban J connectivity index is 1.48. The van der Waals surface area contributed by atoms with Gasteiger partial charge in [0.15, 0.2) is 0 Å². The maximum atomic E-state index is 9.37. The molecule has 7 heteroatoms. The molecule has 33 heavy (non-hydrogen) atoms. The van der Waals surface area contributed by atoms with E-state index in [1.807, 2.05) is 24.3 Å². The first-order valence-electron chi connectivity index (χ1n) is 11.9. The Labute approximate surface area is 213 Å². The molecule has 1 aromatic carbocycles. The van der Waals surface area contributed by atoms with Gasteiger partial charge in [-0.05, 0) is 74.4 Å². The summed E-state index contributed by atoms with van der Waals surface area (Å²) in [6.07, 6.45) is 10.6. The van der Waals surface area contributed by atoms with E-state index >= 15 is 0 Å². The smallest absolute Gasteiger partial charge is 0.0468 e. The Hall–Kier alpha value is -1.01. The lowest BCUT2D eigenvalue weighted by Crippen LogP contribution is -2.50. The van der Waals surface area contributed by atoms with Crippen LogP contribution in [0.5, 0.6) is 0 Å². The van der Waals surface area contributed by atoms with Gasteiger partial charge in [-0.25, -0.2) is 0 Å². The van der Waals surface area contributed by atoms with Crippen LogP contribution in [0.1, 0.15) is 44.2 Å². The van der Waals surface area contributed by atoms with Gasteiger partial charge in [0.25, 0.3) is 0 Å². The quantitative estimate of drug-likeness (QED) is 0.398. The number of benzene rings is 1. The number of halogens is 3. The molecule has 0 aromatic heterocycles. The molecular formula is C26H36Cl3N3O. The third kappa shape index (κ3) is 7.74. The average molecular weight is 513 g/mol. The lowest BCUT2D eigenvalue weighted by Gasteiger charge is -2.42. The minimum atomic E-state index is 0.0558. The van der Waals surface area contributed by atoms with E-state index < -0.39 is 0 Å². The van der Waals surface area contributed by atoms with Crippen LogP contribution in [0.25, 0.3) is 0 Å². The van der Waals surface area contributed by atoms with Crippen molar-refractivity contribution in [3.05, 3.63) is 69.3 Å². The highest BCUT2D eigenvalue weighted by atomic mass is 35.5. The average Bonchev–Trinajstić information content (AvgIpc) is 2.83. The summed E-state index contributed by atoms with van der Waals surface area (Å²) >= 11 is 18.8. The summed E-state index contributed by atoms with van der Waals surface area (Å²) < 4.78 is 0. The van der Waals surface area contributed by atoms with Gasteiger partial charge < -0.3 is 15.3 Å². The van der Waals surface area contributed by atoms with Gasteiger partial charge in [0, 0.05) is 72.2 Å². The van der Waals surface area contributed by atoms with Crippen LogP contribution in [-0.4, -0.2) is 60.3 Å². The van der Waals surface area contributed by atoms with E-state index in [4.69, 9.17) is 34.8 Å². The van der Waals surface area contributed by atoms with E-state index in [1.54, 1.807) is 6.07 Å². The zero-order chi connectivity index (χ0) is 23.8. The SMILES string of the molecule is C=C/C(=C\C=C(\Cl)CN[C@H](C)c1ccc(Cl)cc1Cl)N1CCN(C2CCC(CO)CC2)CC1. The minimum absolute atomic E-state index is 0.0558. The molecule has 2 N–H and O–H groups in total. The van der Waals surface area contributed by atoms with Gasteiger partial charge in [-0.2, -0.15) is 0 Å². The summed E-state index contributed by atoms with van der Waals surface area (Å²) in [5.41, 5.74) is 2.10. The largest absolute Gasteiger partial charge is 0.396 e. The summed E-state index contributed by atoms with van der Waals surface area (Å²) in [5.74, 6) is 0.509. The Kier molecular flexibility index (Phi) is 10.6. The van der Waals surface area contributed by atoms with Gasteiger partial charge in [-0.1, -0.05) is 47.4 Å². The molecule has 0 spiro atoms. The predicted molar refractivity (Wildman–Crippen MR) is 141 cm³/mol. The van der Waals surface area contributed by atoms with Gasteiger partial charge >= 0.3 is 0 Å². The second kappa shape index (κ2) is 13.2. The summed E-state index contributed by atoms with van der Waals surface area (Å²) in [4.78, 5) is 5.01. The lowest BCUT2D eigenvalue weighted by molar-refractivity contribution is 0.0742. The molecule has 182 valence electrons. The second-order valence-corrected chi connectivity index (χ2v) is 10.4. The fourth-order valence-electron chi connectivity index (χ4n) is 4.79. The van der Waals surface area contributed by atoms with Crippen LogP contribution in [0.3, 0.4) is 0 Å². The van der Waals surface area contributed by atoms with Crippen LogP contribution in [0.2, 0.25) is 10.0 Å². The van der Waals surface area contributed by atoms with E-state index in [-0.39, 0.29) is 6.04 Å². The minimum Gasteiger partial charge on any atom is -0.396 e. The van der Waals surface area contributed by atoms with Crippen molar-refractivity contribution in [1.82, 2.24) is 15.1 Å². The number of aliphatic hydroxyl groups is 1. The first kappa shape index (κ1) is 26.6. The molecule has 1 heterocycles. The molecule has 0 radical (unpaired) electrons. The topological polar surface area (TPSA) is 38.7 Å². The van der Waals surface area contributed by atoms with Crippen LogP contribution in [0.4, 0.5) is 0 Å². The molecule has 1 aliphatic heterocycles. The molecule has 0 unspecified atom stereocenters. The Bertz CT molecular complexity index is 841. The van der Waals surface area contributed by atoms with Gasteiger partial charge in [-0.3, -0.25) is 4.90 Å². The molecular weight excluding hydrogens is 477 g/mol. The van der Waals surface area contributed by atoms with E-state index in [1.165, 1.54) is 12.8 Å². The summed E-state index contributed by atoms with van der Waals surface area (Å²) in [6.45, 7) is 11.1. The highest BCUT2D eigenvalue weighted by molar-refractivity contribution is 6.35. The normalized spacial score (nSPS) is 24.1. The van der Waals surface area contributed by atoms with E-state index in [0.717, 1.165) is 55.3 Å². The highest BCUT2D eigenvalue weighted by Crippen LogP contribution is 2.29. The first-order valence-corrected chi connectivity index (χ1v) is 13.0. The number of piperazine rings is 1. The molecule has 1 saturated carbocycles. The van der Waals surface area contributed by atoms with Crippen LogP contribution in [0, 0.1) is 5.92 Å². The first-order chi connectivity index (χ1) is 15.9. The number of rotatable bonds is 9. The van der Waals surface area contributed by atoms with Crippen molar-refractivity contribution < 1.29 is 5.11 Å². The molecule has 0 amide bonds. The van der Waals surface area contributed by atoms with E-state index in [9.17, 15) is 5.11 Å². The van der Waals surface area contributed by atoms with Crippen LogP contribution in [-0.2, 0) is 0 Å². The third-order valence-corrected chi connectivity index (χ3v) is 7.74. The molecule has 0 bridgehead atoms. The number of nitrogens with one attached hydrogen (secondary N) is 1. The molecule has 4 nitrogen and oxygen atoms in total. The van der Waals surface area contributed by atoms with Crippen molar-refractivity contribution in [2.24, 2.45) is 5.92 Å². The van der Waals surface area contributed by atoms with Crippen LogP contribution >= 0.6 is 34.8 Å². The Morgan fingerprint density at radius 3 is 2.45 bits per heavy atom. The maximum absolute atomic E-state index is 9.37. The van der Waals surface area contributed by atoms with Crippen LogP contribution < -0.4 is 5.32 Å². The Morgan fingerprint density at radius 2 is 1.85 bits per heavy atom. The number of nitrogens with zero attached hydrogens (tertiary/aromatic N) is 2. The summed E-state index contributed by atoms with van der Waals surface area (Å²) in [7, 11) is 0. The van der Waals surface area contributed by atoms with Gasteiger partial charge in [0.05, 0.1) is 0 Å².